The molecule has 0 unspecified atom stereocenters. The molecule has 0 atom stereocenters. The van der Waals surface area contributed by atoms with Gasteiger partial charge in [0.2, 0.25) is 0 Å². The van der Waals surface area contributed by atoms with E-state index in [1.54, 1.807) is 0 Å². The highest BCUT2D eigenvalue weighted by Crippen LogP contribution is 2.40. The Morgan fingerprint density at radius 1 is 0.789 bits per heavy atom. The first kappa shape index (κ1) is 14.9. The number of nitriles is 1. The van der Waals surface area contributed by atoms with Crippen LogP contribution in [0.3, 0.4) is 0 Å². The smallest absolute Gasteiger partial charge is 0.0689 e. The van der Waals surface area contributed by atoms with Crippen molar-refractivity contribution in [1.82, 2.24) is 0 Å². The molecule has 0 aliphatic heterocycles. The molecule has 0 aromatic heterocycles. The monoisotopic (exact) mass is 261 g/mol. The molecule has 2 fully saturated rings. The first-order valence-electron chi connectivity index (χ1n) is 8.76. The number of hydrogen-bond acceptors (Lipinski definition) is 1. The highest BCUT2D eigenvalue weighted by Gasteiger charge is 2.30. The van der Waals surface area contributed by atoms with Crippen LogP contribution >= 0.6 is 0 Å². The lowest BCUT2D eigenvalue weighted by Crippen LogP contribution is -2.21. The molecule has 0 N–H and O–H groups in total. The maximum atomic E-state index is 9.69. The fourth-order valence-electron chi connectivity index (χ4n) is 4.13. The molecule has 0 aromatic rings. The minimum absolute atomic E-state index is 0.0483. The van der Waals surface area contributed by atoms with E-state index in [0.29, 0.717) is 0 Å². The van der Waals surface area contributed by atoms with Gasteiger partial charge in [-0.15, -0.1) is 0 Å². The van der Waals surface area contributed by atoms with E-state index < -0.39 is 0 Å². The Kier molecular flexibility index (Phi) is 6.21. The minimum Gasteiger partial charge on any atom is -0.198 e. The molecule has 19 heavy (non-hydrogen) atoms. The van der Waals surface area contributed by atoms with Crippen LogP contribution in [0.15, 0.2) is 0 Å². The van der Waals surface area contributed by atoms with E-state index in [0.717, 1.165) is 5.92 Å². The summed E-state index contributed by atoms with van der Waals surface area (Å²) in [5, 5.41) is 9.69. The van der Waals surface area contributed by atoms with Crippen LogP contribution in [0.2, 0.25) is 0 Å². The van der Waals surface area contributed by atoms with Gasteiger partial charge in [-0.1, -0.05) is 70.6 Å². The maximum absolute atomic E-state index is 9.69. The van der Waals surface area contributed by atoms with Crippen molar-refractivity contribution in [3.05, 3.63) is 0 Å². The quantitative estimate of drug-likeness (QED) is 0.572. The Balaban J connectivity index is 1.84. The Hall–Kier alpha value is -0.510. The summed E-state index contributed by atoms with van der Waals surface area (Å²) in [5.41, 5.74) is 0.0483. The van der Waals surface area contributed by atoms with Gasteiger partial charge in [0, 0.05) is 0 Å². The van der Waals surface area contributed by atoms with Crippen molar-refractivity contribution in [2.45, 2.75) is 96.3 Å². The molecular weight excluding hydrogens is 230 g/mol. The predicted octanol–water partition coefficient (Wildman–Crippen LogP) is 5.99. The summed E-state index contributed by atoms with van der Waals surface area (Å²) in [5.74, 6) is 0.929. The van der Waals surface area contributed by atoms with Gasteiger partial charge in [-0.25, -0.2) is 0 Å². The average molecular weight is 261 g/mol. The number of nitrogens with zero attached hydrogens (tertiary/aromatic N) is 1. The summed E-state index contributed by atoms with van der Waals surface area (Å²) in [6.45, 7) is 0. The van der Waals surface area contributed by atoms with Crippen molar-refractivity contribution in [3.8, 4) is 6.07 Å². The molecular formula is C18H31N. The van der Waals surface area contributed by atoms with Gasteiger partial charge in [-0.2, -0.15) is 5.26 Å². The molecule has 1 heteroatoms. The van der Waals surface area contributed by atoms with E-state index in [2.05, 4.69) is 6.07 Å². The molecule has 2 aliphatic rings. The van der Waals surface area contributed by atoms with Gasteiger partial charge in [0.1, 0.15) is 0 Å². The number of rotatable bonds is 3. The second-order valence-electron chi connectivity index (χ2n) is 7.06. The summed E-state index contributed by atoms with van der Waals surface area (Å²) in [7, 11) is 0. The van der Waals surface area contributed by atoms with Crippen molar-refractivity contribution < 1.29 is 0 Å². The molecule has 0 spiro atoms. The van der Waals surface area contributed by atoms with Crippen molar-refractivity contribution >= 4 is 0 Å². The van der Waals surface area contributed by atoms with Gasteiger partial charge in [0.05, 0.1) is 11.5 Å². The van der Waals surface area contributed by atoms with Gasteiger partial charge < -0.3 is 0 Å². The molecule has 0 aromatic carbocycles. The molecule has 2 rings (SSSR count). The van der Waals surface area contributed by atoms with Crippen LogP contribution in [0.4, 0.5) is 0 Å². The Morgan fingerprint density at radius 3 is 1.89 bits per heavy atom. The van der Waals surface area contributed by atoms with Gasteiger partial charge in [-0.3, -0.25) is 0 Å². The van der Waals surface area contributed by atoms with Crippen molar-refractivity contribution in [2.75, 3.05) is 0 Å². The molecule has 0 bridgehead atoms. The highest BCUT2D eigenvalue weighted by atomic mass is 14.4. The Labute approximate surface area is 119 Å². The third kappa shape index (κ3) is 4.83. The zero-order valence-electron chi connectivity index (χ0n) is 12.6. The van der Waals surface area contributed by atoms with Crippen molar-refractivity contribution in [3.63, 3.8) is 0 Å². The first-order chi connectivity index (χ1) is 9.35. The normalized spacial score (nSPS) is 25.8. The summed E-state index contributed by atoms with van der Waals surface area (Å²) in [4.78, 5) is 0. The molecule has 0 amide bonds. The highest BCUT2D eigenvalue weighted by molar-refractivity contribution is 4.99. The molecule has 0 heterocycles. The van der Waals surface area contributed by atoms with E-state index in [4.69, 9.17) is 0 Å². The van der Waals surface area contributed by atoms with Crippen LogP contribution in [-0.2, 0) is 0 Å². The Bertz CT molecular complexity index is 273. The van der Waals surface area contributed by atoms with Gasteiger partial charge in [0.25, 0.3) is 0 Å². The fraction of sp³-hybridized carbons (Fsp3) is 0.944. The topological polar surface area (TPSA) is 23.8 Å². The minimum atomic E-state index is 0.0483. The molecule has 0 radical (unpaired) electrons. The van der Waals surface area contributed by atoms with Crippen LogP contribution < -0.4 is 0 Å². The van der Waals surface area contributed by atoms with E-state index >= 15 is 0 Å². The average Bonchev–Trinajstić information content (AvgIpc) is 2.67. The van der Waals surface area contributed by atoms with Crippen LogP contribution in [-0.4, -0.2) is 0 Å². The van der Waals surface area contributed by atoms with Crippen molar-refractivity contribution in [2.24, 2.45) is 11.3 Å². The SMILES string of the molecule is N#CC1(CCC2CCCCCC2)CCCCCCC1. The first-order valence-corrected chi connectivity index (χ1v) is 8.76. The summed E-state index contributed by atoms with van der Waals surface area (Å²) in [6.07, 6.45) is 20.2. The zero-order valence-corrected chi connectivity index (χ0v) is 12.6. The van der Waals surface area contributed by atoms with E-state index in [-0.39, 0.29) is 5.41 Å². The third-order valence-corrected chi connectivity index (χ3v) is 5.55. The summed E-state index contributed by atoms with van der Waals surface area (Å²) in [6, 6.07) is 2.74. The molecule has 1 nitrogen and oxygen atoms in total. The molecule has 2 saturated carbocycles. The van der Waals surface area contributed by atoms with Gasteiger partial charge >= 0.3 is 0 Å². The van der Waals surface area contributed by atoms with Crippen LogP contribution in [0.5, 0.6) is 0 Å². The summed E-state index contributed by atoms with van der Waals surface area (Å²) < 4.78 is 0. The lowest BCUT2D eigenvalue weighted by atomic mass is 9.72. The van der Waals surface area contributed by atoms with Crippen LogP contribution in [0, 0.1) is 22.7 Å². The lowest BCUT2D eigenvalue weighted by molar-refractivity contribution is 0.240. The molecule has 108 valence electrons. The summed E-state index contributed by atoms with van der Waals surface area (Å²) >= 11 is 0. The lowest BCUT2D eigenvalue weighted by Gasteiger charge is -2.30. The largest absolute Gasteiger partial charge is 0.198 e. The predicted molar refractivity (Wildman–Crippen MR) is 80.8 cm³/mol. The molecule has 0 saturated heterocycles. The maximum Gasteiger partial charge on any atom is 0.0689 e. The second-order valence-corrected chi connectivity index (χ2v) is 7.06. The van der Waals surface area contributed by atoms with E-state index in [1.807, 2.05) is 0 Å². The zero-order chi connectivity index (χ0) is 13.4. The van der Waals surface area contributed by atoms with E-state index in [9.17, 15) is 5.26 Å². The third-order valence-electron chi connectivity index (χ3n) is 5.55. The van der Waals surface area contributed by atoms with Gasteiger partial charge in [0.15, 0.2) is 0 Å². The fourth-order valence-corrected chi connectivity index (χ4v) is 4.13. The van der Waals surface area contributed by atoms with E-state index in [1.165, 1.54) is 96.3 Å². The molecule has 2 aliphatic carbocycles. The number of hydrogen-bond donors (Lipinski definition) is 0. The standard InChI is InChI=1S/C18H31N/c19-16-18(13-8-4-1-5-9-14-18)15-12-17-10-6-2-3-7-11-17/h17H,1-15H2. The second kappa shape index (κ2) is 7.93. The van der Waals surface area contributed by atoms with Crippen LogP contribution in [0.25, 0.3) is 0 Å². The van der Waals surface area contributed by atoms with Crippen LogP contribution in [0.1, 0.15) is 96.3 Å². The van der Waals surface area contributed by atoms with Gasteiger partial charge in [-0.05, 0) is 31.6 Å². The van der Waals surface area contributed by atoms with Crippen molar-refractivity contribution in [1.29, 1.82) is 5.26 Å². The Morgan fingerprint density at radius 2 is 1.32 bits per heavy atom.